The van der Waals surface area contributed by atoms with E-state index in [1.54, 1.807) is 34.1 Å². The SMILES string of the molecule is CC(=O)N1CCN(C(=O)CCNS(=O)(=O)c2ccc(C)cc2)CC1. The average molecular weight is 353 g/mol. The molecule has 132 valence electrons. The van der Waals surface area contributed by atoms with E-state index < -0.39 is 10.0 Å². The van der Waals surface area contributed by atoms with Gasteiger partial charge in [0.25, 0.3) is 0 Å². The summed E-state index contributed by atoms with van der Waals surface area (Å²) < 4.78 is 26.7. The first-order valence-corrected chi connectivity index (χ1v) is 9.37. The lowest BCUT2D eigenvalue weighted by Gasteiger charge is -2.34. The first-order valence-electron chi connectivity index (χ1n) is 7.89. The van der Waals surface area contributed by atoms with Gasteiger partial charge in [0.15, 0.2) is 0 Å². The van der Waals surface area contributed by atoms with Crippen molar-refractivity contribution < 1.29 is 18.0 Å². The number of aryl methyl sites for hydroxylation is 1. The van der Waals surface area contributed by atoms with E-state index in [0.717, 1.165) is 5.56 Å². The van der Waals surface area contributed by atoms with Crippen LogP contribution in [0.5, 0.6) is 0 Å². The number of carbonyl (C=O) groups is 2. The Morgan fingerprint density at radius 1 is 1.04 bits per heavy atom. The number of amides is 2. The van der Waals surface area contributed by atoms with Crippen molar-refractivity contribution in [2.24, 2.45) is 0 Å². The number of nitrogens with one attached hydrogen (secondary N) is 1. The summed E-state index contributed by atoms with van der Waals surface area (Å²) in [5, 5.41) is 0. The van der Waals surface area contributed by atoms with Crippen LogP contribution in [0.1, 0.15) is 18.9 Å². The molecule has 2 amide bonds. The Balaban J connectivity index is 1.80. The molecule has 1 aromatic rings. The van der Waals surface area contributed by atoms with Crippen LogP contribution < -0.4 is 4.72 Å². The van der Waals surface area contributed by atoms with E-state index in [9.17, 15) is 18.0 Å². The number of hydrogen-bond donors (Lipinski definition) is 1. The third-order valence-electron chi connectivity index (χ3n) is 4.04. The molecular weight excluding hydrogens is 330 g/mol. The van der Waals surface area contributed by atoms with Gasteiger partial charge in [0.05, 0.1) is 4.90 Å². The van der Waals surface area contributed by atoms with Gasteiger partial charge in [-0.15, -0.1) is 0 Å². The van der Waals surface area contributed by atoms with Gasteiger partial charge in [-0.3, -0.25) is 9.59 Å². The van der Waals surface area contributed by atoms with E-state index >= 15 is 0 Å². The minimum absolute atomic E-state index is 0.00737. The summed E-state index contributed by atoms with van der Waals surface area (Å²) in [6, 6.07) is 6.55. The summed E-state index contributed by atoms with van der Waals surface area (Å²) in [6.07, 6.45) is 0.102. The minimum atomic E-state index is -3.60. The van der Waals surface area contributed by atoms with Crippen LogP contribution in [0.4, 0.5) is 0 Å². The maximum atomic E-state index is 12.1. The smallest absolute Gasteiger partial charge is 0.240 e. The molecule has 1 fully saturated rings. The summed E-state index contributed by atoms with van der Waals surface area (Å²) >= 11 is 0. The average Bonchev–Trinajstić information content (AvgIpc) is 2.55. The highest BCUT2D eigenvalue weighted by molar-refractivity contribution is 7.89. The van der Waals surface area contributed by atoms with E-state index in [1.807, 2.05) is 6.92 Å². The van der Waals surface area contributed by atoms with Gasteiger partial charge in [0, 0.05) is 46.1 Å². The molecule has 7 nitrogen and oxygen atoms in total. The van der Waals surface area contributed by atoms with Crippen molar-refractivity contribution in [3.05, 3.63) is 29.8 Å². The van der Waals surface area contributed by atoms with E-state index in [-0.39, 0.29) is 29.7 Å². The molecule has 24 heavy (non-hydrogen) atoms. The van der Waals surface area contributed by atoms with Gasteiger partial charge in [-0.25, -0.2) is 13.1 Å². The zero-order chi connectivity index (χ0) is 17.7. The Kier molecular flexibility index (Phi) is 5.95. The minimum Gasteiger partial charge on any atom is -0.339 e. The monoisotopic (exact) mass is 353 g/mol. The lowest BCUT2D eigenvalue weighted by atomic mass is 10.2. The molecule has 0 aromatic heterocycles. The van der Waals surface area contributed by atoms with Gasteiger partial charge < -0.3 is 9.80 Å². The largest absolute Gasteiger partial charge is 0.339 e. The number of benzene rings is 1. The number of rotatable bonds is 5. The van der Waals surface area contributed by atoms with Gasteiger partial charge >= 0.3 is 0 Å². The van der Waals surface area contributed by atoms with E-state index in [4.69, 9.17) is 0 Å². The molecule has 1 saturated heterocycles. The van der Waals surface area contributed by atoms with E-state index in [0.29, 0.717) is 26.2 Å². The molecule has 0 saturated carbocycles. The number of sulfonamides is 1. The van der Waals surface area contributed by atoms with Gasteiger partial charge in [0.2, 0.25) is 21.8 Å². The molecule has 0 atom stereocenters. The van der Waals surface area contributed by atoms with Crippen LogP contribution in [-0.2, 0) is 19.6 Å². The van der Waals surface area contributed by atoms with Crippen LogP contribution in [0, 0.1) is 6.92 Å². The van der Waals surface area contributed by atoms with Crippen molar-refractivity contribution in [1.29, 1.82) is 0 Å². The summed E-state index contributed by atoms with van der Waals surface area (Å²) in [5.74, 6) is -0.0993. The van der Waals surface area contributed by atoms with Gasteiger partial charge in [-0.1, -0.05) is 17.7 Å². The Bertz CT molecular complexity index is 693. The number of hydrogen-bond acceptors (Lipinski definition) is 4. The van der Waals surface area contributed by atoms with Crippen molar-refractivity contribution >= 4 is 21.8 Å². The van der Waals surface area contributed by atoms with Crippen LogP contribution in [0.15, 0.2) is 29.2 Å². The molecule has 0 radical (unpaired) electrons. The van der Waals surface area contributed by atoms with Gasteiger partial charge in [-0.2, -0.15) is 0 Å². The van der Waals surface area contributed by atoms with Crippen LogP contribution in [0.3, 0.4) is 0 Å². The highest BCUT2D eigenvalue weighted by atomic mass is 32.2. The van der Waals surface area contributed by atoms with Gasteiger partial charge in [-0.05, 0) is 19.1 Å². The highest BCUT2D eigenvalue weighted by Gasteiger charge is 2.22. The second kappa shape index (κ2) is 7.76. The van der Waals surface area contributed by atoms with Crippen molar-refractivity contribution in [3.8, 4) is 0 Å². The predicted molar refractivity (Wildman–Crippen MR) is 89.8 cm³/mol. The molecule has 0 unspecified atom stereocenters. The quantitative estimate of drug-likeness (QED) is 0.828. The van der Waals surface area contributed by atoms with Crippen LogP contribution >= 0.6 is 0 Å². The fraction of sp³-hybridized carbons (Fsp3) is 0.500. The van der Waals surface area contributed by atoms with Crippen LogP contribution in [-0.4, -0.2) is 62.8 Å². The standard InChI is InChI=1S/C16H23N3O4S/c1-13-3-5-15(6-4-13)24(22,23)17-8-7-16(21)19-11-9-18(10-12-19)14(2)20/h3-6,17H,7-12H2,1-2H3. The second-order valence-corrected chi connectivity index (χ2v) is 7.61. The van der Waals surface area contributed by atoms with Gasteiger partial charge in [0.1, 0.15) is 0 Å². The lowest BCUT2D eigenvalue weighted by molar-refractivity contribution is -0.138. The van der Waals surface area contributed by atoms with Crippen molar-refractivity contribution in [1.82, 2.24) is 14.5 Å². The first-order chi connectivity index (χ1) is 11.3. The van der Waals surface area contributed by atoms with Crippen LogP contribution in [0.2, 0.25) is 0 Å². The molecule has 1 heterocycles. The van der Waals surface area contributed by atoms with Crippen molar-refractivity contribution in [2.75, 3.05) is 32.7 Å². The van der Waals surface area contributed by atoms with Crippen molar-refractivity contribution in [2.45, 2.75) is 25.2 Å². The van der Waals surface area contributed by atoms with Crippen LogP contribution in [0.25, 0.3) is 0 Å². The molecule has 1 aliphatic rings. The zero-order valence-electron chi connectivity index (χ0n) is 14.0. The van der Waals surface area contributed by atoms with E-state index in [2.05, 4.69) is 4.72 Å². The highest BCUT2D eigenvalue weighted by Crippen LogP contribution is 2.10. The molecule has 1 N–H and O–H groups in total. The Labute approximate surface area is 142 Å². The normalized spacial score (nSPS) is 15.4. The number of nitrogens with zero attached hydrogens (tertiary/aromatic N) is 2. The fourth-order valence-electron chi connectivity index (χ4n) is 2.52. The second-order valence-electron chi connectivity index (χ2n) is 5.85. The molecule has 8 heteroatoms. The third kappa shape index (κ3) is 4.78. The maximum absolute atomic E-state index is 12.1. The lowest BCUT2D eigenvalue weighted by Crippen LogP contribution is -2.50. The zero-order valence-corrected chi connectivity index (χ0v) is 14.8. The third-order valence-corrected chi connectivity index (χ3v) is 5.52. The number of carbonyl (C=O) groups excluding carboxylic acids is 2. The molecular formula is C16H23N3O4S. The van der Waals surface area contributed by atoms with E-state index in [1.165, 1.54) is 6.92 Å². The molecule has 1 aromatic carbocycles. The Hall–Kier alpha value is -1.93. The maximum Gasteiger partial charge on any atom is 0.240 e. The first kappa shape index (κ1) is 18.4. The predicted octanol–water partition coefficient (Wildman–Crippen LogP) is 0.354. The summed E-state index contributed by atoms with van der Waals surface area (Å²) in [5.41, 5.74) is 0.980. The van der Waals surface area contributed by atoms with Crippen molar-refractivity contribution in [3.63, 3.8) is 0 Å². The summed E-state index contributed by atoms with van der Waals surface area (Å²) in [7, 11) is -3.60. The molecule has 0 aliphatic carbocycles. The molecule has 1 aliphatic heterocycles. The Morgan fingerprint density at radius 3 is 2.12 bits per heavy atom. The molecule has 0 bridgehead atoms. The number of piperazine rings is 1. The molecule has 0 spiro atoms. The molecule has 2 rings (SSSR count). The Morgan fingerprint density at radius 2 is 1.58 bits per heavy atom. The summed E-state index contributed by atoms with van der Waals surface area (Å²) in [6.45, 7) is 5.48. The topological polar surface area (TPSA) is 86.8 Å². The fourth-order valence-corrected chi connectivity index (χ4v) is 3.55. The summed E-state index contributed by atoms with van der Waals surface area (Å²) in [4.78, 5) is 26.9.